The highest BCUT2D eigenvalue weighted by atomic mass is 32.2. The highest BCUT2D eigenvalue weighted by molar-refractivity contribution is 8.18. The van der Waals surface area contributed by atoms with Crippen molar-refractivity contribution in [1.29, 1.82) is 0 Å². The molecule has 0 radical (unpaired) electrons. The Kier molecular flexibility index (Phi) is 9.24. The monoisotopic (exact) mass is 513 g/mol. The Balaban J connectivity index is 1.55. The van der Waals surface area contributed by atoms with Crippen LogP contribution in [-0.2, 0) is 9.59 Å². The van der Waals surface area contributed by atoms with E-state index >= 15 is 0 Å². The molecule has 0 unspecified atom stereocenters. The number of imide groups is 1. The smallest absolute Gasteiger partial charge is 0.293 e. The molecule has 2 aromatic rings. The average molecular weight is 514 g/mol. The van der Waals surface area contributed by atoms with Crippen LogP contribution in [0, 0.1) is 11.7 Å². The van der Waals surface area contributed by atoms with Gasteiger partial charge in [-0.2, -0.15) is 0 Å². The fourth-order valence-corrected chi connectivity index (χ4v) is 4.30. The van der Waals surface area contributed by atoms with Crippen molar-refractivity contribution in [2.24, 2.45) is 5.92 Å². The van der Waals surface area contributed by atoms with Crippen molar-refractivity contribution in [3.8, 4) is 5.75 Å². The summed E-state index contributed by atoms with van der Waals surface area (Å²) in [5.41, 5.74) is 0.987. The summed E-state index contributed by atoms with van der Waals surface area (Å²) in [6, 6.07) is 11.4. The Hall–Kier alpha value is -3.66. The average Bonchev–Trinajstić information content (AvgIpc) is 3.11. The van der Waals surface area contributed by atoms with E-state index in [1.165, 1.54) is 30.3 Å². The van der Waals surface area contributed by atoms with Crippen molar-refractivity contribution in [3.05, 3.63) is 70.4 Å². The Morgan fingerprint density at radius 1 is 1.08 bits per heavy atom. The van der Waals surface area contributed by atoms with Gasteiger partial charge in [-0.15, -0.1) is 0 Å². The number of amides is 4. The number of halogens is 1. The molecule has 0 spiro atoms. The largest absolute Gasteiger partial charge is 0.494 e. The fourth-order valence-electron chi connectivity index (χ4n) is 3.43. The lowest BCUT2D eigenvalue weighted by Crippen LogP contribution is -2.51. The van der Waals surface area contributed by atoms with Gasteiger partial charge < -0.3 is 15.4 Å². The number of ether oxygens (including phenoxy) is 1. The number of rotatable bonds is 10. The molecule has 8 nitrogen and oxygen atoms in total. The van der Waals surface area contributed by atoms with E-state index in [0.29, 0.717) is 23.5 Å². The quantitative estimate of drug-likeness (QED) is 0.468. The zero-order valence-electron chi connectivity index (χ0n) is 20.2. The van der Waals surface area contributed by atoms with Crippen LogP contribution in [0.4, 0.5) is 9.18 Å². The molecule has 2 aromatic carbocycles. The van der Waals surface area contributed by atoms with Gasteiger partial charge in [-0.1, -0.05) is 26.0 Å². The van der Waals surface area contributed by atoms with Gasteiger partial charge in [0.25, 0.3) is 17.1 Å². The van der Waals surface area contributed by atoms with Crippen molar-refractivity contribution in [2.45, 2.75) is 26.8 Å². The minimum Gasteiger partial charge on any atom is -0.494 e. The van der Waals surface area contributed by atoms with Gasteiger partial charge in [0.2, 0.25) is 5.91 Å². The molecule has 1 aliphatic heterocycles. The second-order valence-electron chi connectivity index (χ2n) is 8.33. The molecule has 190 valence electrons. The van der Waals surface area contributed by atoms with Gasteiger partial charge in [0.1, 0.15) is 17.6 Å². The number of carbonyl (C=O) groups is 4. The van der Waals surface area contributed by atoms with Crippen LogP contribution in [0.2, 0.25) is 0 Å². The summed E-state index contributed by atoms with van der Waals surface area (Å²) in [5, 5.41) is 4.98. The number of thioether (sulfide) groups is 1. The maximum Gasteiger partial charge on any atom is 0.293 e. The number of hydrogen-bond donors (Lipinski definition) is 2. The van der Waals surface area contributed by atoms with E-state index < -0.39 is 34.8 Å². The lowest BCUT2D eigenvalue weighted by Gasteiger charge is -2.22. The maximum absolute atomic E-state index is 13.1. The molecule has 0 aromatic heterocycles. The highest BCUT2D eigenvalue weighted by Crippen LogP contribution is 2.31. The van der Waals surface area contributed by atoms with Crippen LogP contribution < -0.4 is 15.4 Å². The summed E-state index contributed by atoms with van der Waals surface area (Å²) < 4.78 is 18.5. The summed E-state index contributed by atoms with van der Waals surface area (Å²) in [6.45, 7) is 6.00. The summed E-state index contributed by atoms with van der Waals surface area (Å²) in [5.74, 6) is -1.25. The van der Waals surface area contributed by atoms with Crippen molar-refractivity contribution in [3.63, 3.8) is 0 Å². The first-order valence-corrected chi connectivity index (χ1v) is 12.3. The number of nitrogens with one attached hydrogen (secondary N) is 2. The van der Waals surface area contributed by atoms with Crippen LogP contribution >= 0.6 is 11.8 Å². The van der Waals surface area contributed by atoms with Gasteiger partial charge in [0.15, 0.2) is 0 Å². The summed E-state index contributed by atoms with van der Waals surface area (Å²) >= 11 is 0.787. The summed E-state index contributed by atoms with van der Waals surface area (Å²) in [7, 11) is 0. The Bertz CT molecular complexity index is 1150. The molecule has 10 heteroatoms. The Labute approximate surface area is 213 Å². The standard InChI is InChI=1S/C26H28FN3O5S/c1-4-35-20-11-7-18(8-12-20)23(31)29-22(16(2)3)24(32)28-13-14-30-25(33)21(36-26(30)34)15-17-5-9-19(27)10-6-17/h5-12,15-16,22H,4,13-14H2,1-3H3,(H,28,32)(H,29,31)/b21-15-/t22-/m0/s1. The molecule has 1 saturated heterocycles. The molecular weight excluding hydrogens is 485 g/mol. The van der Waals surface area contributed by atoms with Crippen LogP contribution in [0.25, 0.3) is 6.08 Å². The summed E-state index contributed by atoms with van der Waals surface area (Å²) in [6.07, 6.45) is 1.52. The second-order valence-corrected chi connectivity index (χ2v) is 9.32. The minimum atomic E-state index is -0.808. The third kappa shape index (κ3) is 6.94. The van der Waals surface area contributed by atoms with Gasteiger partial charge in [0.05, 0.1) is 11.5 Å². The third-order valence-corrected chi connectivity index (χ3v) is 6.25. The molecule has 0 aliphatic carbocycles. The van der Waals surface area contributed by atoms with Crippen LogP contribution in [-0.4, -0.2) is 53.6 Å². The second kappa shape index (κ2) is 12.3. The first-order chi connectivity index (χ1) is 17.2. The van der Waals surface area contributed by atoms with E-state index in [-0.39, 0.29) is 23.9 Å². The van der Waals surface area contributed by atoms with Crippen LogP contribution in [0.15, 0.2) is 53.4 Å². The first-order valence-electron chi connectivity index (χ1n) is 11.5. The summed E-state index contributed by atoms with van der Waals surface area (Å²) in [4.78, 5) is 51.6. The molecule has 1 aliphatic rings. The van der Waals surface area contributed by atoms with E-state index in [0.717, 1.165) is 16.7 Å². The molecule has 1 atom stereocenters. The molecular formula is C26H28FN3O5S. The highest BCUT2D eigenvalue weighted by Gasteiger charge is 2.35. The van der Waals surface area contributed by atoms with Crippen molar-refractivity contribution < 1.29 is 28.3 Å². The number of nitrogens with zero attached hydrogens (tertiary/aromatic N) is 1. The maximum atomic E-state index is 13.1. The molecule has 0 saturated carbocycles. The van der Waals surface area contributed by atoms with Gasteiger partial charge in [-0.05, 0) is 72.6 Å². The molecule has 36 heavy (non-hydrogen) atoms. The SMILES string of the molecule is CCOc1ccc(C(=O)N[C@H](C(=O)NCCN2C(=O)S/C(=C\c3ccc(F)cc3)C2=O)C(C)C)cc1. The van der Waals surface area contributed by atoms with E-state index in [1.807, 2.05) is 6.92 Å². The van der Waals surface area contributed by atoms with Crippen molar-refractivity contribution in [1.82, 2.24) is 15.5 Å². The number of hydrogen-bond acceptors (Lipinski definition) is 6. The number of benzene rings is 2. The third-order valence-electron chi connectivity index (χ3n) is 5.34. The Morgan fingerprint density at radius 3 is 2.36 bits per heavy atom. The lowest BCUT2D eigenvalue weighted by molar-refractivity contribution is -0.125. The van der Waals surface area contributed by atoms with Crippen LogP contribution in [0.3, 0.4) is 0 Å². The molecule has 1 heterocycles. The van der Waals surface area contributed by atoms with E-state index in [2.05, 4.69) is 10.6 Å². The number of carbonyl (C=O) groups excluding carboxylic acids is 4. The normalized spacial score (nSPS) is 15.4. The van der Waals surface area contributed by atoms with E-state index in [9.17, 15) is 23.6 Å². The molecule has 1 fully saturated rings. The Morgan fingerprint density at radius 2 is 1.75 bits per heavy atom. The van der Waals surface area contributed by atoms with Crippen molar-refractivity contribution in [2.75, 3.05) is 19.7 Å². The van der Waals surface area contributed by atoms with Gasteiger partial charge in [-0.3, -0.25) is 24.1 Å². The zero-order chi connectivity index (χ0) is 26.2. The topological polar surface area (TPSA) is 105 Å². The van der Waals surface area contributed by atoms with Gasteiger partial charge in [0, 0.05) is 18.7 Å². The molecule has 3 rings (SSSR count). The van der Waals surface area contributed by atoms with Crippen LogP contribution in [0.1, 0.15) is 36.7 Å². The van der Waals surface area contributed by atoms with Crippen LogP contribution in [0.5, 0.6) is 5.75 Å². The molecule has 4 amide bonds. The van der Waals surface area contributed by atoms with Crippen molar-refractivity contribution >= 4 is 40.8 Å². The van der Waals surface area contributed by atoms with Gasteiger partial charge >= 0.3 is 0 Å². The molecule has 0 bridgehead atoms. The predicted molar refractivity (Wildman–Crippen MR) is 136 cm³/mol. The molecule has 2 N–H and O–H groups in total. The first kappa shape index (κ1) is 26.9. The van der Waals surface area contributed by atoms with E-state index in [4.69, 9.17) is 4.74 Å². The lowest BCUT2D eigenvalue weighted by atomic mass is 10.0. The minimum absolute atomic E-state index is 0.0190. The predicted octanol–water partition coefficient (Wildman–Crippen LogP) is 3.83. The zero-order valence-corrected chi connectivity index (χ0v) is 21.1. The van der Waals surface area contributed by atoms with Gasteiger partial charge in [-0.25, -0.2) is 4.39 Å². The van der Waals surface area contributed by atoms with E-state index in [1.54, 1.807) is 38.1 Å². The fraction of sp³-hybridized carbons (Fsp3) is 0.308.